The molecule has 1 aromatic heterocycles. The summed E-state index contributed by atoms with van der Waals surface area (Å²) in [6.07, 6.45) is 0.380. The second-order valence-corrected chi connectivity index (χ2v) is 6.67. The number of aryl methyl sites for hydroxylation is 2. The Morgan fingerprint density at radius 1 is 0.923 bits per heavy atom. The Bertz CT molecular complexity index is 828. The summed E-state index contributed by atoms with van der Waals surface area (Å²) in [4.78, 5) is 15.1. The van der Waals surface area contributed by atoms with Crippen molar-refractivity contribution < 1.29 is 4.79 Å². The van der Waals surface area contributed by atoms with Gasteiger partial charge in [-0.1, -0.05) is 60.7 Å². The molecule has 0 saturated carbocycles. The fourth-order valence-corrected chi connectivity index (χ4v) is 3.18. The van der Waals surface area contributed by atoms with Crippen LogP contribution in [-0.2, 0) is 31.4 Å². The first-order chi connectivity index (χ1) is 12.5. The standard InChI is InChI=1S/C22H25N3O/c1-17-21(18(2)24(3)23-17)14-22(26)25(15-19-10-6-4-7-11-19)16-20-12-8-5-9-13-20/h4-13H,14-16H2,1-3H3. The lowest BCUT2D eigenvalue weighted by molar-refractivity contribution is -0.131. The molecule has 0 unspecified atom stereocenters. The quantitative estimate of drug-likeness (QED) is 0.680. The largest absolute Gasteiger partial charge is 0.334 e. The number of carbonyl (C=O) groups is 1. The van der Waals surface area contributed by atoms with E-state index in [9.17, 15) is 4.79 Å². The third kappa shape index (κ3) is 4.20. The van der Waals surface area contributed by atoms with E-state index in [1.54, 1.807) is 0 Å². The maximum absolute atomic E-state index is 13.1. The molecule has 0 spiro atoms. The zero-order valence-electron chi connectivity index (χ0n) is 15.6. The zero-order chi connectivity index (χ0) is 18.5. The Morgan fingerprint density at radius 2 is 1.42 bits per heavy atom. The SMILES string of the molecule is Cc1nn(C)c(C)c1CC(=O)N(Cc1ccccc1)Cc1ccccc1. The van der Waals surface area contributed by atoms with Crippen LogP contribution in [0.4, 0.5) is 0 Å². The molecule has 0 atom stereocenters. The van der Waals surface area contributed by atoms with Crippen LogP contribution in [-0.4, -0.2) is 20.6 Å². The number of nitrogens with zero attached hydrogens (tertiary/aromatic N) is 3. The lowest BCUT2D eigenvalue weighted by Crippen LogP contribution is -2.31. The molecule has 2 aromatic carbocycles. The summed E-state index contributed by atoms with van der Waals surface area (Å²) in [7, 11) is 1.92. The van der Waals surface area contributed by atoms with Gasteiger partial charge in [-0.3, -0.25) is 9.48 Å². The molecule has 0 aliphatic carbocycles. The molecule has 4 nitrogen and oxygen atoms in total. The fourth-order valence-electron chi connectivity index (χ4n) is 3.18. The fraction of sp³-hybridized carbons (Fsp3) is 0.273. The van der Waals surface area contributed by atoms with Crippen molar-refractivity contribution >= 4 is 5.91 Å². The Balaban J connectivity index is 1.82. The number of hydrogen-bond acceptors (Lipinski definition) is 2. The zero-order valence-corrected chi connectivity index (χ0v) is 15.6. The summed E-state index contributed by atoms with van der Waals surface area (Å²) in [6, 6.07) is 20.3. The molecule has 0 fully saturated rings. The Hall–Kier alpha value is -2.88. The van der Waals surface area contributed by atoms with Crippen LogP contribution in [0.25, 0.3) is 0 Å². The van der Waals surface area contributed by atoms with Gasteiger partial charge in [0, 0.05) is 31.4 Å². The normalized spacial score (nSPS) is 10.7. The first kappa shape index (κ1) is 17.9. The van der Waals surface area contributed by atoms with E-state index in [1.807, 2.05) is 66.9 Å². The van der Waals surface area contributed by atoms with Gasteiger partial charge < -0.3 is 4.90 Å². The topological polar surface area (TPSA) is 38.1 Å². The van der Waals surface area contributed by atoms with Gasteiger partial charge >= 0.3 is 0 Å². The first-order valence-corrected chi connectivity index (χ1v) is 8.89. The van der Waals surface area contributed by atoms with Gasteiger partial charge in [-0.25, -0.2) is 0 Å². The van der Waals surface area contributed by atoms with E-state index in [2.05, 4.69) is 29.4 Å². The molecule has 3 aromatic rings. The highest BCUT2D eigenvalue weighted by Crippen LogP contribution is 2.17. The van der Waals surface area contributed by atoms with Gasteiger partial charge in [0.1, 0.15) is 0 Å². The van der Waals surface area contributed by atoms with Crippen molar-refractivity contribution in [2.75, 3.05) is 0 Å². The highest BCUT2D eigenvalue weighted by molar-refractivity contribution is 5.79. The Kier molecular flexibility index (Phi) is 5.52. The summed E-state index contributed by atoms with van der Waals surface area (Å²) in [5, 5.41) is 4.44. The van der Waals surface area contributed by atoms with Gasteiger partial charge in [0.25, 0.3) is 0 Å². The van der Waals surface area contributed by atoms with E-state index in [0.717, 1.165) is 28.1 Å². The molecule has 0 bridgehead atoms. The van der Waals surface area contributed by atoms with Crippen molar-refractivity contribution in [3.05, 3.63) is 88.7 Å². The lowest BCUT2D eigenvalue weighted by atomic mass is 10.1. The minimum Gasteiger partial charge on any atom is -0.334 e. The van der Waals surface area contributed by atoms with Crippen LogP contribution in [0.15, 0.2) is 60.7 Å². The molecule has 0 radical (unpaired) electrons. The van der Waals surface area contributed by atoms with Crippen molar-refractivity contribution in [1.29, 1.82) is 0 Å². The molecule has 0 N–H and O–H groups in total. The van der Waals surface area contributed by atoms with Gasteiger partial charge in [-0.05, 0) is 25.0 Å². The Morgan fingerprint density at radius 3 is 1.85 bits per heavy atom. The average Bonchev–Trinajstić information content (AvgIpc) is 2.89. The van der Waals surface area contributed by atoms with Crippen LogP contribution in [0.2, 0.25) is 0 Å². The lowest BCUT2D eigenvalue weighted by Gasteiger charge is -2.23. The number of amides is 1. The van der Waals surface area contributed by atoms with Crippen LogP contribution < -0.4 is 0 Å². The molecular weight excluding hydrogens is 322 g/mol. The molecule has 4 heteroatoms. The summed E-state index contributed by atoms with van der Waals surface area (Å²) in [5.74, 6) is 0.122. The molecule has 134 valence electrons. The second-order valence-electron chi connectivity index (χ2n) is 6.67. The molecule has 0 aliphatic rings. The molecular formula is C22H25N3O. The van der Waals surface area contributed by atoms with Crippen LogP contribution >= 0.6 is 0 Å². The van der Waals surface area contributed by atoms with Gasteiger partial charge in [-0.15, -0.1) is 0 Å². The summed E-state index contributed by atoms with van der Waals surface area (Å²) in [6.45, 7) is 5.19. The molecule has 1 heterocycles. The average molecular weight is 347 g/mol. The molecule has 0 saturated heterocycles. The highest BCUT2D eigenvalue weighted by atomic mass is 16.2. The molecule has 1 amide bonds. The minimum absolute atomic E-state index is 0.122. The van der Waals surface area contributed by atoms with Crippen molar-refractivity contribution in [2.24, 2.45) is 7.05 Å². The van der Waals surface area contributed by atoms with Gasteiger partial charge in [-0.2, -0.15) is 5.10 Å². The minimum atomic E-state index is 0.122. The smallest absolute Gasteiger partial charge is 0.227 e. The maximum atomic E-state index is 13.1. The van der Waals surface area contributed by atoms with E-state index >= 15 is 0 Å². The van der Waals surface area contributed by atoms with Gasteiger partial charge in [0.2, 0.25) is 5.91 Å². The van der Waals surface area contributed by atoms with E-state index in [1.165, 1.54) is 0 Å². The summed E-state index contributed by atoms with van der Waals surface area (Å²) >= 11 is 0. The third-order valence-electron chi connectivity index (χ3n) is 4.77. The van der Waals surface area contributed by atoms with Crippen LogP contribution in [0.3, 0.4) is 0 Å². The van der Waals surface area contributed by atoms with Crippen LogP contribution in [0, 0.1) is 13.8 Å². The third-order valence-corrected chi connectivity index (χ3v) is 4.77. The van der Waals surface area contributed by atoms with Crippen molar-refractivity contribution in [3.8, 4) is 0 Å². The molecule has 3 rings (SSSR count). The number of carbonyl (C=O) groups excluding carboxylic acids is 1. The van der Waals surface area contributed by atoms with Gasteiger partial charge in [0.05, 0.1) is 12.1 Å². The van der Waals surface area contributed by atoms with Gasteiger partial charge in [0.15, 0.2) is 0 Å². The number of hydrogen-bond donors (Lipinski definition) is 0. The monoisotopic (exact) mass is 347 g/mol. The Labute approximate surface area is 155 Å². The van der Waals surface area contributed by atoms with Crippen LogP contribution in [0.1, 0.15) is 28.1 Å². The van der Waals surface area contributed by atoms with E-state index < -0.39 is 0 Å². The van der Waals surface area contributed by atoms with Crippen molar-refractivity contribution in [3.63, 3.8) is 0 Å². The predicted molar refractivity (Wildman–Crippen MR) is 104 cm³/mol. The van der Waals surface area contributed by atoms with E-state index in [0.29, 0.717) is 19.5 Å². The highest BCUT2D eigenvalue weighted by Gasteiger charge is 2.19. The number of rotatable bonds is 6. The number of benzene rings is 2. The van der Waals surface area contributed by atoms with E-state index in [4.69, 9.17) is 0 Å². The number of aromatic nitrogens is 2. The first-order valence-electron chi connectivity index (χ1n) is 8.89. The second kappa shape index (κ2) is 8.00. The van der Waals surface area contributed by atoms with Crippen molar-refractivity contribution in [2.45, 2.75) is 33.4 Å². The van der Waals surface area contributed by atoms with Crippen molar-refractivity contribution in [1.82, 2.24) is 14.7 Å². The molecule has 26 heavy (non-hydrogen) atoms. The summed E-state index contributed by atoms with van der Waals surface area (Å²) in [5.41, 5.74) is 5.28. The van der Waals surface area contributed by atoms with E-state index in [-0.39, 0.29) is 5.91 Å². The van der Waals surface area contributed by atoms with Crippen LogP contribution in [0.5, 0.6) is 0 Å². The maximum Gasteiger partial charge on any atom is 0.227 e. The predicted octanol–water partition coefficient (Wildman–Crippen LogP) is 3.81. The summed E-state index contributed by atoms with van der Waals surface area (Å²) < 4.78 is 1.84. The molecule has 0 aliphatic heterocycles.